The van der Waals surface area contributed by atoms with Crippen LogP contribution in [0.2, 0.25) is 0 Å². The summed E-state index contributed by atoms with van der Waals surface area (Å²) in [5.41, 5.74) is 1.55. The summed E-state index contributed by atoms with van der Waals surface area (Å²) in [5.74, 6) is 0.220. The van der Waals surface area contributed by atoms with E-state index in [9.17, 15) is 14.9 Å². The van der Waals surface area contributed by atoms with Crippen LogP contribution in [0.5, 0.6) is 0 Å². The molecule has 0 fully saturated rings. The van der Waals surface area contributed by atoms with Gasteiger partial charge >= 0.3 is 0 Å². The molecule has 1 amide bonds. The molecule has 7 nitrogen and oxygen atoms in total. The maximum absolute atomic E-state index is 12.5. The molecule has 4 aromatic rings. The summed E-state index contributed by atoms with van der Waals surface area (Å²) in [6.45, 7) is 0. The average molecular weight is 395 g/mol. The fourth-order valence-electron chi connectivity index (χ4n) is 3.09. The van der Waals surface area contributed by atoms with Crippen molar-refractivity contribution in [3.63, 3.8) is 0 Å². The Morgan fingerprint density at radius 1 is 0.967 bits per heavy atom. The standard InChI is InChI=1S/C23H17N5O2/c24-14-18-15-25-28(21-12-10-16-6-4-5-9-19(16)26-21)23(18)27-22(30)13-11-20(29)17-7-2-1-3-8-17/h1-10,12,15H,11,13H2,(H,27,30). The number of nitrogens with one attached hydrogen (secondary N) is 1. The highest BCUT2D eigenvalue weighted by atomic mass is 16.2. The molecular formula is C23H17N5O2. The van der Waals surface area contributed by atoms with Gasteiger partial charge in [-0.25, -0.2) is 4.98 Å². The number of carbonyl (C=O) groups excluding carboxylic acids is 2. The van der Waals surface area contributed by atoms with Crippen molar-refractivity contribution in [3.8, 4) is 11.9 Å². The smallest absolute Gasteiger partial charge is 0.226 e. The van der Waals surface area contributed by atoms with Gasteiger partial charge in [0.2, 0.25) is 5.91 Å². The molecule has 2 aromatic carbocycles. The first-order chi connectivity index (χ1) is 14.7. The minimum atomic E-state index is -0.377. The number of pyridine rings is 1. The molecule has 2 heterocycles. The zero-order chi connectivity index (χ0) is 20.9. The number of aromatic nitrogens is 3. The van der Waals surface area contributed by atoms with Crippen LogP contribution in [0.3, 0.4) is 0 Å². The normalized spacial score (nSPS) is 10.5. The summed E-state index contributed by atoms with van der Waals surface area (Å²) in [7, 11) is 0. The fourth-order valence-corrected chi connectivity index (χ4v) is 3.09. The molecule has 7 heteroatoms. The largest absolute Gasteiger partial charge is 0.309 e. The second-order valence-electron chi connectivity index (χ2n) is 6.63. The molecule has 0 aliphatic heterocycles. The van der Waals surface area contributed by atoms with E-state index in [4.69, 9.17) is 0 Å². The van der Waals surface area contributed by atoms with E-state index in [1.807, 2.05) is 42.5 Å². The molecule has 30 heavy (non-hydrogen) atoms. The van der Waals surface area contributed by atoms with Crippen molar-refractivity contribution in [1.82, 2.24) is 14.8 Å². The lowest BCUT2D eigenvalue weighted by molar-refractivity contribution is -0.116. The fraction of sp³-hybridized carbons (Fsp3) is 0.0870. The number of para-hydroxylation sites is 1. The van der Waals surface area contributed by atoms with E-state index in [-0.39, 0.29) is 35.9 Å². The van der Waals surface area contributed by atoms with Crippen molar-refractivity contribution in [2.75, 3.05) is 5.32 Å². The Kier molecular flexibility index (Phi) is 5.31. The van der Waals surface area contributed by atoms with Gasteiger partial charge in [-0.1, -0.05) is 48.5 Å². The minimum absolute atomic E-state index is 0.00503. The lowest BCUT2D eigenvalue weighted by Crippen LogP contribution is -2.17. The predicted molar refractivity (Wildman–Crippen MR) is 112 cm³/mol. The van der Waals surface area contributed by atoms with Gasteiger partial charge in [-0.2, -0.15) is 15.0 Å². The summed E-state index contributed by atoms with van der Waals surface area (Å²) < 4.78 is 1.42. The molecule has 0 aliphatic rings. The zero-order valence-electron chi connectivity index (χ0n) is 15.9. The summed E-state index contributed by atoms with van der Waals surface area (Å²) >= 11 is 0. The van der Waals surface area contributed by atoms with Gasteiger partial charge in [-0.15, -0.1) is 0 Å². The number of Topliss-reactive ketones (excluding diaryl/α,β-unsaturated/α-hetero) is 1. The van der Waals surface area contributed by atoms with E-state index in [0.29, 0.717) is 11.4 Å². The van der Waals surface area contributed by atoms with Gasteiger partial charge in [0, 0.05) is 23.8 Å². The van der Waals surface area contributed by atoms with Crippen LogP contribution in [0.15, 0.2) is 72.9 Å². The summed E-state index contributed by atoms with van der Waals surface area (Å²) in [5, 5.41) is 17.3. The zero-order valence-corrected chi connectivity index (χ0v) is 15.9. The van der Waals surface area contributed by atoms with Crippen LogP contribution in [0.1, 0.15) is 28.8 Å². The molecule has 0 saturated heterocycles. The van der Waals surface area contributed by atoms with Crippen LogP contribution in [0, 0.1) is 11.3 Å². The summed E-state index contributed by atoms with van der Waals surface area (Å²) in [6.07, 6.45) is 1.44. The molecule has 2 aromatic heterocycles. The number of anilines is 1. The Labute approximate surface area is 172 Å². The number of hydrogen-bond donors (Lipinski definition) is 1. The average Bonchev–Trinajstić information content (AvgIpc) is 3.20. The van der Waals surface area contributed by atoms with Gasteiger partial charge < -0.3 is 5.32 Å². The summed E-state index contributed by atoms with van der Waals surface area (Å²) in [4.78, 5) is 29.3. The van der Waals surface area contributed by atoms with Crippen LogP contribution < -0.4 is 5.32 Å². The maximum Gasteiger partial charge on any atom is 0.226 e. The highest BCUT2D eigenvalue weighted by Gasteiger charge is 2.17. The Morgan fingerprint density at radius 3 is 2.53 bits per heavy atom. The molecule has 0 unspecified atom stereocenters. The topological polar surface area (TPSA) is 101 Å². The van der Waals surface area contributed by atoms with Crippen molar-refractivity contribution < 1.29 is 9.59 Å². The lowest BCUT2D eigenvalue weighted by atomic mass is 10.1. The third-order valence-electron chi connectivity index (χ3n) is 4.62. The highest BCUT2D eigenvalue weighted by Crippen LogP contribution is 2.21. The van der Waals surface area contributed by atoms with Gasteiger partial charge in [0.05, 0.1) is 11.7 Å². The first-order valence-electron chi connectivity index (χ1n) is 9.38. The molecule has 4 rings (SSSR count). The van der Waals surface area contributed by atoms with Crippen LogP contribution in [-0.4, -0.2) is 26.5 Å². The summed E-state index contributed by atoms with van der Waals surface area (Å²) in [6, 6.07) is 22.1. The van der Waals surface area contributed by atoms with Crippen LogP contribution in [0.4, 0.5) is 5.82 Å². The highest BCUT2D eigenvalue weighted by molar-refractivity contribution is 6.00. The van der Waals surface area contributed by atoms with E-state index in [2.05, 4.69) is 15.4 Å². The molecule has 0 radical (unpaired) electrons. The lowest BCUT2D eigenvalue weighted by Gasteiger charge is -2.10. The van der Waals surface area contributed by atoms with Crippen LogP contribution in [-0.2, 0) is 4.79 Å². The molecule has 0 aliphatic carbocycles. The van der Waals surface area contributed by atoms with Crippen LogP contribution >= 0.6 is 0 Å². The van der Waals surface area contributed by atoms with Crippen molar-refractivity contribution in [2.24, 2.45) is 0 Å². The number of nitriles is 1. The van der Waals surface area contributed by atoms with Crippen LogP contribution in [0.25, 0.3) is 16.7 Å². The Morgan fingerprint density at radius 2 is 1.73 bits per heavy atom. The molecule has 0 saturated carbocycles. The maximum atomic E-state index is 12.5. The number of carbonyl (C=O) groups is 2. The quantitative estimate of drug-likeness (QED) is 0.499. The number of benzene rings is 2. The SMILES string of the molecule is N#Cc1cnn(-c2ccc3ccccc3n2)c1NC(=O)CCC(=O)c1ccccc1. The van der Waals surface area contributed by atoms with Gasteiger partial charge in [0.15, 0.2) is 17.4 Å². The molecule has 1 N–H and O–H groups in total. The Hall–Kier alpha value is -4.31. The number of amides is 1. The van der Waals surface area contributed by atoms with E-state index in [1.165, 1.54) is 10.9 Å². The predicted octanol–water partition coefficient (Wildman–Crippen LogP) is 3.89. The second-order valence-corrected chi connectivity index (χ2v) is 6.63. The van der Waals surface area contributed by atoms with Crippen molar-refractivity contribution in [3.05, 3.63) is 84.1 Å². The van der Waals surface area contributed by atoms with E-state index >= 15 is 0 Å². The van der Waals surface area contributed by atoms with E-state index in [1.54, 1.807) is 30.3 Å². The van der Waals surface area contributed by atoms with Crippen molar-refractivity contribution >= 4 is 28.4 Å². The number of rotatable bonds is 6. The van der Waals surface area contributed by atoms with Crippen molar-refractivity contribution in [2.45, 2.75) is 12.8 Å². The molecular weight excluding hydrogens is 378 g/mol. The first-order valence-corrected chi connectivity index (χ1v) is 9.38. The molecule has 0 atom stereocenters. The number of nitrogens with zero attached hydrogens (tertiary/aromatic N) is 4. The van der Waals surface area contributed by atoms with E-state index < -0.39 is 0 Å². The van der Waals surface area contributed by atoms with Gasteiger partial charge in [-0.05, 0) is 18.2 Å². The monoisotopic (exact) mass is 395 g/mol. The van der Waals surface area contributed by atoms with Gasteiger partial charge in [0.1, 0.15) is 11.6 Å². The Bertz CT molecular complexity index is 1270. The number of hydrogen-bond acceptors (Lipinski definition) is 5. The van der Waals surface area contributed by atoms with Crippen molar-refractivity contribution in [1.29, 1.82) is 5.26 Å². The Balaban J connectivity index is 1.53. The van der Waals surface area contributed by atoms with Gasteiger partial charge in [-0.3, -0.25) is 9.59 Å². The van der Waals surface area contributed by atoms with Gasteiger partial charge in [0.25, 0.3) is 0 Å². The third-order valence-corrected chi connectivity index (χ3v) is 4.62. The minimum Gasteiger partial charge on any atom is -0.309 e. The number of ketones is 1. The molecule has 0 spiro atoms. The first kappa shape index (κ1) is 19.0. The third kappa shape index (κ3) is 3.93. The second kappa shape index (κ2) is 8.37. The molecule has 0 bridgehead atoms. The van der Waals surface area contributed by atoms with E-state index in [0.717, 1.165) is 10.9 Å². The molecule has 146 valence electrons. The number of fused-ring (bicyclic) bond motifs is 1.